The second-order valence-corrected chi connectivity index (χ2v) is 7.42. The first-order valence-electron chi connectivity index (χ1n) is 8.05. The fourth-order valence-corrected chi connectivity index (χ4v) is 3.25. The predicted octanol–water partition coefficient (Wildman–Crippen LogP) is 1.25. The highest BCUT2D eigenvalue weighted by molar-refractivity contribution is 5.84. The van der Waals surface area contributed by atoms with Crippen LogP contribution >= 0.6 is 0 Å². The van der Waals surface area contributed by atoms with Crippen molar-refractivity contribution in [3.8, 4) is 0 Å². The molecule has 120 valence electrons. The van der Waals surface area contributed by atoms with E-state index in [9.17, 15) is 14.7 Å². The summed E-state index contributed by atoms with van der Waals surface area (Å²) in [5.74, 6) is 0.134. The average Bonchev–Trinajstić information content (AvgIpc) is 2.45. The predicted molar refractivity (Wildman–Crippen MR) is 80.6 cm³/mol. The van der Waals surface area contributed by atoms with Gasteiger partial charge in [-0.25, -0.2) is 0 Å². The van der Waals surface area contributed by atoms with Gasteiger partial charge in [-0.2, -0.15) is 0 Å². The van der Waals surface area contributed by atoms with Crippen LogP contribution in [0.5, 0.6) is 0 Å². The number of carbonyl (C=O) groups excluding carboxylic acids is 2. The van der Waals surface area contributed by atoms with Gasteiger partial charge in [0, 0.05) is 31.6 Å². The molecule has 2 rings (SSSR count). The molecule has 2 amide bonds. The van der Waals surface area contributed by atoms with Crippen molar-refractivity contribution in [3.63, 3.8) is 0 Å². The lowest BCUT2D eigenvalue weighted by atomic mass is 9.90. The van der Waals surface area contributed by atoms with Gasteiger partial charge in [-0.05, 0) is 25.7 Å². The summed E-state index contributed by atoms with van der Waals surface area (Å²) < 4.78 is 0. The lowest BCUT2D eigenvalue weighted by Crippen LogP contribution is -2.51. The number of carbonyl (C=O) groups is 2. The molecule has 0 radical (unpaired) electrons. The second kappa shape index (κ2) is 6.34. The number of likely N-dealkylation sites (tertiary alicyclic amines) is 2. The molecular weight excluding hydrogens is 268 g/mol. The van der Waals surface area contributed by atoms with Gasteiger partial charge < -0.3 is 14.9 Å². The van der Waals surface area contributed by atoms with E-state index < -0.39 is 11.5 Å². The van der Waals surface area contributed by atoms with E-state index in [2.05, 4.69) is 0 Å². The van der Waals surface area contributed by atoms with Crippen LogP contribution in [0.25, 0.3) is 0 Å². The Morgan fingerprint density at radius 3 is 2.24 bits per heavy atom. The maximum absolute atomic E-state index is 12.6. The molecule has 2 saturated heterocycles. The van der Waals surface area contributed by atoms with Crippen molar-refractivity contribution >= 4 is 11.8 Å². The zero-order valence-corrected chi connectivity index (χ0v) is 13.5. The summed E-state index contributed by atoms with van der Waals surface area (Å²) >= 11 is 0. The van der Waals surface area contributed by atoms with Crippen molar-refractivity contribution in [2.24, 2.45) is 11.3 Å². The molecule has 0 spiro atoms. The molecule has 0 saturated carbocycles. The lowest BCUT2D eigenvalue weighted by Gasteiger charge is -2.39. The first-order valence-corrected chi connectivity index (χ1v) is 8.05. The normalized spacial score (nSPS) is 27.6. The molecule has 0 aliphatic carbocycles. The molecule has 0 aromatic heterocycles. The molecular formula is C16H28N2O3. The van der Waals surface area contributed by atoms with Crippen LogP contribution in [0.2, 0.25) is 0 Å². The Morgan fingerprint density at radius 1 is 1.00 bits per heavy atom. The van der Waals surface area contributed by atoms with Gasteiger partial charge in [0.1, 0.15) is 0 Å². The third kappa shape index (κ3) is 3.96. The molecule has 5 nitrogen and oxygen atoms in total. The number of piperidine rings is 2. The Kier molecular flexibility index (Phi) is 4.91. The zero-order valence-electron chi connectivity index (χ0n) is 13.5. The van der Waals surface area contributed by atoms with Crippen molar-refractivity contribution in [2.75, 3.05) is 26.2 Å². The van der Waals surface area contributed by atoms with Crippen molar-refractivity contribution in [3.05, 3.63) is 0 Å². The van der Waals surface area contributed by atoms with Crippen LogP contribution in [-0.4, -0.2) is 59.0 Å². The summed E-state index contributed by atoms with van der Waals surface area (Å²) in [7, 11) is 0. The summed E-state index contributed by atoms with van der Waals surface area (Å²) in [5, 5.41) is 9.72. The van der Waals surface area contributed by atoms with E-state index in [1.54, 1.807) is 4.90 Å². The first kappa shape index (κ1) is 16.3. The molecule has 2 fully saturated rings. The quantitative estimate of drug-likeness (QED) is 0.792. The topological polar surface area (TPSA) is 60.9 Å². The van der Waals surface area contributed by atoms with Crippen LogP contribution in [0.4, 0.5) is 0 Å². The molecule has 0 aromatic rings. The van der Waals surface area contributed by atoms with E-state index in [-0.39, 0.29) is 17.7 Å². The van der Waals surface area contributed by atoms with Crippen molar-refractivity contribution < 1.29 is 14.7 Å². The monoisotopic (exact) mass is 296 g/mol. The Morgan fingerprint density at radius 2 is 1.62 bits per heavy atom. The Labute approximate surface area is 127 Å². The maximum atomic E-state index is 12.6. The van der Waals surface area contributed by atoms with Gasteiger partial charge in [-0.1, -0.05) is 20.8 Å². The standard InChI is InChI=1S/C16H28N2O3/c1-16(2,3)15(21)18-9-4-6-12(10-18)14(20)17-8-5-7-13(19)11-17/h12-13,19H,4-11H2,1-3H3. The molecule has 21 heavy (non-hydrogen) atoms. The molecule has 2 aliphatic rings. The summed E-state index contributed by atoms with van der Waals surface area (Å²) in [4.78, 5) is 28.6. The molecule has 2 unspecified atom stereocenters. The van der Waals surface area contributed by atoms with Gasteiger partial charge in [-0.3, -0.25) is 9.59 Å². The van der Waals surface area contributed by atoms with Crippen molar-refractivity contribution in [1.29, 1.82) is 0 Å². The fraction of sp³-hybridized carbons (Fsp3) is 0.875. The molecule has 2 aliphatic heterocycles. The minimum absolute atomic E-state index is 0.102. The van der Waals surface area contributed by atoms with Gasteiger partial charge in [0.25, 0.3) is 0 Å². The molecule has 0 aromatic carbocycles. The zero-order chi connectivity index (χ0) is 15.6. The van der Waals surface area contributed by atoms with E-state index in [0.717, 1.165) is 38.8 Å². The minimum Gasteiger partial charge on any atom is -0.391 e. The van der Waals surface area contributed by atoms with Crippen LogP contribution in [0.15, 0.2) is 0 Å². The number of hydrogen-bond donors (Lipinski definition) is 1. The van der Waals surface area contributed by atoms with Crippen LogP contribution in [0, 0.1) is 11.3 Å². The van der Waals surface area contributed by atoms with Crippen LogP contribution in [-0.2, 0) is 9.59 Å². The Hall–Kier alpha value is -1.10. The van der Waals surface area contributed by atoms with Crippen LogP contribution < -0.4 is 0 Å². The van der Waals surface area contributed by atoms with E-state index in [4.69, 9.17) is 0 Å². The van der Waals surface area contributed by atoms with Crippen LogP contribution in [0.3, 0.4) is 0 Å². The SMILES string of the molecule is CC(C)(C)C(=O)N1CCCC(C(=O)N2CCCC(O)C2)C1. The summed E-state index contributed by atoms with van der Waals surface area (Å²) in [6, 6.07) is 0. The highest BCUT2D eigenvalue weighted by Crippen LogP contribution is 2.25. The molecule has 5 heteroatoms. The highest BCUT2D eigenvalue weighted by Gasteiger charge is 2.35. The third-order valence-electron chi connectivity index (χ3n) is 4.41. The van der Waals surface area contributed by atoms with Crippen molar-refractivity contribution in [1.82, 2.24) is 9.80 Å². The first-order chi connectivity index (χ1) is 9.79. The van der Waals surface area contributed by atoms with Gasteiger partial charge >= 0.3 is 0 Å². The number of nitrogens with zero attached hydrogens (tertiary/aromatic N) is 2. The second-order valence-electron chi connectivity index (χ2n) is 7.42. The number of β-amino-alcohol motifs (C(OH)–C–C–N with tert-alkyl or cyclic N) is 1. The Bertz CT molecular complexity index is 403. The lowest BCUT2D eigenvalue weighted by molar-refractivity contribution is -0.146. The molecule has 2 atom stereocenters. The third-order valence-corrected chi connectivity index (χ3v) is 4.41. The summed E-state index contributed by atoms with van der Waals surface area (Å²) in [6.45, 7) is 8.22. The number of aliphatic hydroxyl groups is 1. The van der Waals surface area contributed by atoms with E-state index in [0.29, 0.717) is 13.1 Å². The number of hydrogen-bond acceptors (Lipinski definition) is 3. The average molecular weight is 296 g/mol. The molecule has 1 N–H and O–H groups in total. The largest absolute Gasteiger partial charge is 0.391 e. The van der Waals surface area contributed by atoms with E-state index >= 15 is 0 Å². The maximum Gasteiger partial charge on any atom is 0.227 e. The van der Waals surface area contributed by atoms with E-state index in [1.807, 2.05) is 25.7 Å². The number of amides is 2. The fourth-order valence-electron chi connectivity index (χ4n) is 3.25. The van der Waals surface area contributed by atoms with Crippen molar-refractivity contribution in [2.45, 2.75) is 52.6 Å². The van der Waals surface area contributed by atoms with Gasteiger partial charge in [0.2, 0.25) is 11.8 Å². The van der Waals surface area contributed by atoms with Gasteiger partial charge in [0.15, 0.2) is 0 Å². The summed E-state index contributed by atoms with van der Waals surface area (Å²) in [5.41, 5.74) is -0.397. The molecule has 0 bridgehead atoms. The minimum atomic E-state index is -0.397. The number of rotatable bonds is 1. The Balaban J connectivity index is 1.97. The summed E-state index contributed by atoms with van der Waals surface area (Å²) in [6.07, 6.45) is 2.99. The molecule has 2 heterocycles. The smallest absolute Gasteiger partial charge is 0.227 e. The van der Waals surface area contributed by atoms with Gasteiger partial charge in [-0.15, -0.1) is 0 Å². The van der Waals surface area contributed by atoms with E-state index in [1.165, 1.54) is 0 Å². The van der Waals surface area contributed by atoms with Gasteiger partial charge in [0.05, 0.1) is 12.0 Å². The van der Waals surface area contributed by atoms with Crippen LogP contribution in [0.1, 0.15) is 46.5 Å². The number of aliphatic hydroxyl groups excluding tert-OH is 1. The highest BCUT2D eigenvalue weighted by atomic mass is 16.3.